The van der Waals surface area contributed by atoms with Crippen LogP contribution in [0.25, 0.3) is 0 Å². The fourth-order valence-electron chi connectivity index (χ4n) is 2.44. The number of unbranched alkanes of at least 4 members (excludes halogenated alkanes) is 3. The van der Waals surface area contributed by atoms with Crippen LogP contribution in [0.5, 0.6) is 5.75 Å². The number of para-hydroxylation sites is 1. The predicted molar refractivity (Wildman–Crippen MR) is 74.4 cm³/mol. The quantitative estimate of drug-likeness (QED) is 0.650. The molecule has 1 atom stereocenters. The van der Waals surface area contributed by atoms with Gasteiger partial charge in [-0.2, -0.15) is 0 Å². The molecule has 0 saturated carbocycles. The Morgan fingerprint density at radius 1 is 1.06 bits per heavy atom. The number of hydrogen-bond acceptors (Lipinski definition) is 1. The molecule has 0 radical (unpaired) electrons. The van der Waals surface area contributed by atoms with Crippen LogP contribution in [0.1, 0.15) is 64.4 Å². The van der Waals surface area contributed by atoms with Crippen molar-refractivity contribution in [2.24, 2.45) is 5.92 Å². The summed E-state index contributed by atoms with van der Waals surface area (Å²) in [6, 6.07) is 7.79. The van der Waals surface area contributed by atoms with Crippen molar-refractivity contribution >= 4 is 0 Å². The number of aromatic hydroxyl groups is 1. The Hall–Kier alpha value is -0.980. The summed E-state index contributed by atoms with van der Waals surface area (Å²) in [7, 11) is 0. The highest BCUT2D eigenvalue weighted by molar-refractivity contribution is 5.35. The number of hydrogen-bond donors (Lipinski definition) is 1. The molecule has 0 fully saturated rings. The summed E-state index contributed by atoms with van der Waals surface area (Å²) in [5.74, 6) is 1.54. The molecule has 0 aromatic heterocycles. The number of benzene rings is 1. The number of phenolic OH excluding ortho intramolecular Hbond substituents is 1. The third-order valence-electron chi connectivity index (χ3n) is 3.51. The van der Waals surface area contributed by atoms with Gasteiger partial charge in [0.25, 0.3) is 0 Å². The van der Waals surface area contributed by atoms with Gasteiger partial charge in [-0.05, 0) is 29.9 Å². The smallest absolute Gasteiger partial charge is 0.119 e. The van der Waals surface area contributed by atoms with Crippen LogP contribution in [-0.4, -0.2) is 5.11 Å². The van der Waals surface area contributed by atoms with Gasteiger partial charge in [0.2, 0.25) is 0 Å². The zero-order valence-corrected chi connectivity index (χ0v) is 11.4. The maximum Gasteiger partial charge on any atom is 0.119 e. The topological polar surface area (TPSA) is 20.2 Å². The van der Waals surface area contributed by atoms with Gasteiger partial charge in [-0.25, -0.2) is 0 Å². The van der Waals surface area contributed by atoms with Gasteiger partial charge in [0.05, 0.1) is 0 Å². The molecule has 1 unspecified atom stereocenters. The minimum atomic E-state index is 0.460. The SMILES string of the molecule is CCCCCCC(c1ccccc1O)C(C)C. The third-order valence-corrected chi connectivity index (χ3v) is 3.51. The van der Waals surface area contributed by atoms with Crippen LogP contribution in [0.2, 0.25) is 0 Å². The van der Waals surface area contributed by atoms with Crippen molar-refractivity contribution in [3.8, 4) is 5.75 Å². The van der Waals surface area contributed by atoms with E-state index in [2.05, 4.69) is 26.8 Å². The van der Waals surface area contributed by atoms with Crippen LogP contribution in [0.4, 0.5) is 0 Å². The third kappa shape index (κ3) is 4.41. The Morgan fingerprint density at radius 2 is 1.76 bits per heavy atom. The van der Waals surface area contributed by atoms with E-state index in [-0.39, 0.29) is 0 Å². The zero-order valence-electron chi connectivity index (χ0n) is 11.4. The second kappa shape index (κ2) is 7.37. The lowest BCUT2D eigenvalue weighted by Gasteiger charge is -2.22. The van der Waals surface area contributed by atoms with Crippen molar-refractivity contribution in [3.05, 3.63) is 29.8 Å². The molecule has 17 heavy (non-hydrogen) atoms. The van der Waals surface area contributed by atoms with E-state index >= 15 is 0 Å². The molecule has 0 heterocycles. The summed E-state index contributed by atoms with van der Waals surface area (Å²) in [4.78, 5) is 0. The van der Waals surface area contributed by atoms with Crippen molar-refractivity contribution in [1.29, 1.82) is 0 Å². The van der Waals surface area contributed by atoms with E-state index in [0.717, 1.165) is 5.56 Å². The molecule has 0 aliphatic rings. The lowest BCUT2D eigenvalue weighted by molar-refractivity contribution is 0.411. The van der Waals surface area contributed by atoms with Gasteiger partial charge in [-0.3, -0.25) is 0 Å². The number of rotatable bonds is 7. The van der Waals surface area contributed by atoms with Gasteiger partial charge < -0.3 is 5.11 Å². The first kappa shape index (κ1) is 14.1. The van der Waals surface area contributed by atoms with E-state index < -0.39 is 0 Å². The fraction of sp³-hybridized carbons (Fsp3) is 0.625. The van der Waals surface area contributed by atoms with Gasteiger partial charge in [0, 0.05) is 0 Å². The minimum absolute atomic E-state index is 0.460. The normalized spacial score (nSPS) is 12.9. The maximum atomic E-state index is 9.93. The molecular formula is C16H26O. The lowest BCUT2D eigenvalue weighted by Crippen LogP contribution is -2.07. The summed E-state index contributed by atoms with van der Waals surface area (Å²) >= 11 is 0. The van der Waals surface area contributed by atoms with E-state index in [1.165, 1.54) is 32.1 Å². The zero-order chi connectivity index (χ0) is 12.7. The lowest BCUT2D eigenvalue weighted by atomic mass is 9.84. The van der Waals surface area contributed by atoms with Gasteiger partial charge in [0.15, 0.2) is 0 Å². The highest BCUT2D eigenvalue weighted by Gasteiger charge is 2.18. The van der Waals surface area contributed by atoms with Crippen molar-refractivity contribution in [1.82, 2.24) is 0 Å². The van der Waals surface area contributed by atoms with E-state index in [1.807, 2.05) is 12.1 Å². The molecule has 1 aromatic carbocycles. The predicted octanol–water partition coefficient (Wildman–Crippen LogP) is 5.10. The average molecular weight is 234 g/mol. The Morgan fingerprint density at radius 3 is 2.35 bits per heavy atom. The van der Waals surface area contributed by atoms with Crippen LogP contribution < -0.4 is 0 Å². The van der Waals surface area contributed by atoms with Crippen LogP contribution >= 0.6 is 0 Å². The molecule has 1 N–H and O–H groups in total. The van der Waals surface area contributed by atoms with Gasteiger partial charge in [0.1, 0.15) is 5.75 Å². The molecule has 1 nitrogen and oxygen atoms in total. The highest BCUT2D eigenvalue weighted by atomic mass is 16.3. The second-order valence-corrected chi connectivity index (χ2v) is 5.26. The largest absolute Gasteiger partial charge is 0.508 e. The van der Waals surface area contributed by atoms with Crippen LogP contribution in [0.15, 0.2) is 24.3 Å². The van der Waals surface area contributed by atoms with E-state index in [4.69, 9.17) is 0 Å². The van der Waals surface area contributed by atoms with Gasteiger partial charge in [-0.15, -0.1) is 0 Å². The Kier molecular flexibility index (Phi) is 6.10. The number of phenols is 1. The molecule has 1 aromatic rings. The maximum absolute atomic E-state index is 9.93. The van der Waals surface area contributed by atoms with Crippen molar-refractivity contribution < 1.29 is 5.11 Å². The monoisotopic (exact) mass is 234 g/mol. The Balaban J connectivity index is 2.63. The van der Waals surface area contributed by atoms with Crippen molar-refractivity contribution in [2.75, 3.05) is 0 Å². The van der Waals surface area contributed by atoms with Crippen molar-refractivity contribution in [3.63, 3.8) is 0 Å². The molecule has 0 saturated heterocycles. The summed E-state index contributed by atoms with van der Waals surface area (Å²) < 4.78 is 0. The molecule has 0 bridgehead atoms. The summed E-state index contributed by atoms with van der Waals surface area (Å²) in [6.45, 7) is 6.73. The van der Waals surface area contributed by atoms with Crippen LogP contribution in [0, 0.1) is 5.92 Å². The highest BCUT2D eigenvalue weighted by Crippen LogP contribution is 2.34. The molecule has 96 valence electrons. The van der Waals surface area contributed by atoms with Gasteiger partial charge in [-0.1, -0.05) is 64.7 Å². The summed E-state index contributed by atoms with van der Waals surface area (Å²) in [5, 5.41) is 9.93. The molecule has 0 aliphatic carbocycles. The first-order chi connectivity index (χ1) is 8.16. The fourth-order valence-corrected chi connectivity index (χ4v) is 2.44. The van der Waals surface area contributed by atoms with Gasteiger partial charge >= 0.3 is 0 Å². The molecule has 0 spiro atoms. The standard InChI is InChI=1S/C16H26O/c1-4-5-6-7-10-14(13(2)3)15-11-8-9-12-16(15)17/h8-9,11-14,17H,4-7,10H2,1-3H3. The van der Waals surface area contributed by atoms with E-state index in [9.17, 15) is 5.11 Å². The first-order valence-electron chi connectivity index (χ1n) is 6.94. The second-order valence-electron chi connectivity index (χ2n) is 5.26. The minimum Gasteiger partial charge on any atom is -0.508 e. The molecule has 0 aliphatic heterocycles. The van der Waals surface area contributed by atoms with Crippen LogP contribution in [0.3, 0.4) is 0 Å². The summed E-state index contributed by atoms with van der Waals surface area (Å²) in [5.41, 5.74) is 1.12. The molecule has 0 amide bonds. The summed E-state index contributed by atoms with van der Waals surface area (Å²) in [6.07, 6.45) is 6.38. The first-order valence-corrected chi connectivity index (χ1v) is 6.94. The molecule has 1 rings (SSSR count). The Bertz CT molecular complexity index is 317. The van der Waals surface area contributed by atoms with Crippen LogP contribution in [-0.2, 0) is 0 Å². The average Bonchev–Trinajstić information content (AvgIpc) is 2.30. The molecule has 1 heteroatoms. The van der Waals surface area contributed by atoms with Crippen molar-refractivity contribution in [2.45, 2.75) is 58.8 Å². The van der Waals surface area contributed by atoms with E-state index in [1.54, 1.807) is 6.07 Å². The van der Waals surface area contributed by atoms with E-state index in [0.29, 0.717) is 17.6 Å². The molecular weight excluding hydrogens is 208 g/mol. The Labute approximate surface area is 106 Å².